The van der Waals surface area contributed by atoms with Crippen LogP contribution in [0, 0.1) is 11.6 Å². The quantitative estimate of drug-likeness (QED) is 0.116. The number of aromatic carboxylic acids is 1. The molecule has 12 heteroatoms. The highest BCUT2D eigenvalue weighted by molar-refractivity contribution is 7.89. The average Bonchev–Trinajstić information content (AvgIpc) is 3.39. The highest BCUT2D eigenvalue weighted by Gasteiger charge is 2.27. The van der Waals surface area contributed by atoms with Crippen LogP contribution in [0.15, 0.2) is 120 Å². The van der Waals surface area contributed by atoms with Gasteiger partial charge in [0.1, 0.15) is 10.6 Å². The highest BCUT2D eigenvalue weighted by Crippen LogP contribution is 2.38. The fourth-order valence-electron chi connectivity index (χ4n) is 6.07. The molecule has 0 aliphatic heterocycles. The Balaban J connectivity index is 1.44. The van der Waals surface area contributed by atoms with Crippen LogP contribution >= 0.6 is 23.2 Å². The molecule has 0 saturated heterocycles. The van der Waals surface area contributed by atoms with Crippen molar-refractivity contribution in [2.24, 2.45) is 0 Å². The number of carboxylic acids is 1. The summed E-state index contributed by atoms with van der Waals surface area (Å²) in [6, 6.07) is 33.0. The number of carbonyl (C=O) groups is 1. The predicted molar refractivity (Wildman–Crippen MR) is 190 cm³/mol. The van der Waals surface area contributed by atoms with E-state index in [4.69, 9.17) is 27.9 Å². The topological polar surface area (TPSA) is 97.6 Å². The highest BCUT2D eigenvalue weighted by atomic mass is 35.5. The van der Waals surface area contributed by atoms with Gasteiger partial charge >= 0.3 is 5.97 Å². The van der Waals surface area contributed by atoms with Gasteiger partial charge in [-0.15, -0.1) is 0 Å². The summed E-state index contributed by atoms with van der Waals surface area (Å²) in [5.74, 6) is -3.57. The number of benzene rings is 5. The first-order valence-electron chi connectivity index (χ1n) is 15.6. The Morgan fingerprint density at radius 1 is 0.820 bits per heavy atom. The van der Waals surface area contributed by atoms with Gasteiger partial charge in [0.2, 0.25) is 10.0 Å². The molecule has 6 rings (SSSR count). The minimum Gasteiger partial charge on any atom is -0.493 e. The van der Waals surface area contributed by atoms with E-state index in [1.165, 1.54) is 12.1 Å². The van der Waals surface area contributed by atoms with Crippen LogP contribution in [0.2, 0.25) is 10.0 Å². The summed E-state index contributed by atoms with van der Waals surface area (Å²) in [7, 11) is -4.47. The van der Waals surface area contributed by atoms with E-state index in [2.05, 4.69) is 9.29 Å². The maximum absolute atomic E-state index is 14.7. The van der Waals surface area contributed by atoms with Crippen molar-refractivity contribution < 1.29 is 31.8 Å². The molecule has 1 aromatic heterocycles. The van der Waals surface area contributed by atoms with Crippen LogP contribution in [-0.4, -0.2) is 37.2 Å². The molecule has 0 aliphatic rings. The van der Waals surface area contributed by atoms with Gasteiger partial charge in [-0.05, 0) is 71.3 Å². The lowest BCUT2D eigenvalue weighted by Gasteiger charge is -2.25. The molecule has 0 atom stereocenters. The van der Waals surface area contributed by atoms with Crippen LogP contribution in [0.3, 0.4) is 0 Å². The van der Waals surface area contributed by atoms with E-state index >= 15 is 0 Å². The molecule has 1 heterocycles. The summed E-state index contributed by atoms with van der Waals surface area (Å²) >= 11 is 12.2. The fraction of sp³-hybridized carbons (Fsp3) is 0.132. The SMILES string of the molecule is O=C(O)c1ccc(OCCc2c(CCNS(=O)(=O)c3ccc(Cl)c(F)c3F)n(C(c3ccccc3)c3ccccc3)c3ccc(Cl)cc23)cc1. The summed E-state index contributed by atoms with van der Waals surface area (Å²) < 4.78 is 66.0. The first-order valence-corrected chi connectivity index (χ1v) is 17.8. The second-order valence-electron chi connectivity index (χ2n) is 11.4. The van der Waals surface area contributed by atoms with E-state index < -0.39 is 37.5 Å². The number of halogens is 4. The maximum Gasteiger partial charge on any atom is 0.335 e. The van der Waals surface area contributed by atoms with Gasteiger partial charge in [-0.1, -0.05) is 83.9 Å². The van der Waals surface area contributed by atoms with Gasteiger partial charge in [-0.2, -0.15) is 0 Å². The number of nitrogens with one attached hydrogen (secondary N) is 1. The standard InChI is InChI=1S/C38H30Cl2F2N2O5S/c39-27-13-17-32-30(23-27)29(20-22-49-28-14-11-26(12-15-28)38(45)46)33(19-21-43-50(47,48)34-18-16-31(40)35(41)36(34)42)44(32)37(24-7-3-1-4-8-24)25-9-5-2-6-10-25/h1-18,23,37,43H,19-22H2,(H,45,46). The molecule has 256 valence electrons. The number of sulfonamides is 1. The summed E-state index contributed by atoms with van der Waals surface area (Å²) in [4.78, 5) is 10.5. The van der Waals surface area contributed by atoms with E-state index in [0.29, 0.717) is 17.2 Å². The zero-order valence-electron chi connectivity index (χ0n) is 26.3. The number of nitrogens with zero attached hydrogens (tertiary/aromatic N) is 1. The summed E-state index contributed by atoms with van der Waals surface area (Å²) in [5, 5.41) is 10.1. The smallest absolute Gasteiger partial charge is 0.335 e. The zero-order chi connectivity index (χ0) is 35.4. The number of ether oxygens (including phenoxy) is 1. The molecule has 0 aliphatic carbocycles. The molecule has 0 spiro atoms. The molecule has 7 nitrogen and oxygen atoms in total. The Labute approximate surface area is 297 Å². The Bertz CT molecular complexity index is 2230. The Hall–Kier alpha value is -4.74. The Morgan fingerprint density at radius 2 is 1.46 bits per heavy atom. The number of hydrogen-bond donors (Lipinski definition) is 2. The van der Waals surface area contributed by atoms with Gasteiger partial charge < -0.3 is 14.4 Å². The molecule has 0 radical (unpaired) electrons. The van der Waals surface area contributed by atoms with Gasteiger partial charge in [0.15, 0.2) is 11.6 Å². The maximum atomic E-state index is 14.7. The van der Waals surface area contributed by atoms with Crippen LogP contribution in [0.4, 0.5) is 8.78 Å². The van der Waals surface area contributed by atoms with E-state index in [-0.39, 0.29) is 31.2 Å². The molecule has 0 unspecified atom stereocenters. The first-order chi connectivity index (χ1) is 24.0. The number of aromatic nitrogens is 1. The molecule has 6 aromatic rings. The minimum absolute atomic E-state index is 0.133. The third kappa shape index (κ3) is 7.39. The summed E-state index contributed by atoms with van der Waals surface area (Å²) in [6.07, 6.45) is 0.530. The van der Waals surface area contributed by atoms with Gasteiger partial charge in [0.25, 0.3) is 0 Å². The number of carboxylic acid groups (broad SMARTS) is 1. The van der Waals surface area contributed by atoms with Crippen molar-refractivity contribution in [2.45, 2.75) is 23.8 Å². The van der Waals surface area contributed by atoms with E-state index in [0.717, 1.165) is 45.4 Å². The van der Waals surface area contributed by atoms with Crippen LogP contribution in [0.5, 0.6) is 5.75 Å². The molecule has 0 bridgehead atoms. The second-order valence-corrected chi connectivity index (χ2v) is 14.0. The van der Waals surface area contributed by atoms with Crippen molar-refractivity contribution in [1.82, 2.24) is 9.29 Å². The summed E-state index contributed by atoms with van der Waals surface area (Å²) in [6.45, 7) is 0.0459. The van der Waals surface area contributed by atoms with Crippen molar-refractivity contribution in [3.8, 4) is 5.75 Å². The Kier molecular flexibility index (Phi) is 10.5. The normalized spacial score (nSPS) is 11.7. The number of rotatable bonds is 13. The third-order valence-electron chi connectivity index (χ3n) is 8.34. The largest absolute Gasteiger partial charge is 0.493 e. The second kappa shape index (κ2) is 15.0. The van der Waals surface area contributed by atoms with E-state index in [9.17, 15) is 27.1 Å². The van der Waals surface area contributed by atoms with Crippen molar-refractivity contribution in [1.29, 1.82) is 0 Å². The first kappa shape index (κ1) is 35.1. The number of fused-ring (bicyclic) bond motifs is 1. The molecule has 0 fully saturated rings. The monoisotopic (exact) mass is 734 g/mol. The van der Waals surface area contributed by atoms with Crippen LogP contribution < -0.4 is 9.46 Å². The third-order valence-corrected chi connectivity index (χ3v) is 10.3. The van der Waals surface area contributed by atoms with Gasteiger partial charge in [0, 0.05) is 41.0 Å². The fourth-order valence-corrected chi connectivity index (χ4v) is 7.49. The molecule has 2 N–H and O–H groups in total. The molecular formula is C38H30Cl2F2N2O5S. The molecule has 50 heavy (non-hydrogen) atoms. The number of hydrogen-bond acceptors (Lipinski definition) is 4. The zero-order valence-corrected chi connectivity index (χ0v) is 28.7. The van der Waals surface area contributed by atoms with Crippen molar-refractivity contribution in [3.05, 3.63) is 165 Å². The lowest BCUT2D eigenvalue weighted by atomic mass is 9.97. The van der Waals surface area contributed by atoms with Gasteiger partial charge in [-0.3, -0.25) is 0 Å². The van der Waals surface area contributed by atoms with Crippen molar-refractivity contribution in [2.75, 3.05) is 13.2 Å². The van der Waals surface area contributed by atoms with Crippen LogP contribution in [-0.2, 0) is 22.9 Å². The van der Waals surface area contributed by atoms with E-state index in [1.54, 1.807) is 18.2 Å². The van der Waals surface area contributed by atoms with Crippen LogP contribution in [0.25, 0.3) is 10.9 Å². The van der Waals surface area contributed by atoms with E-state index in [1.807, 2.05) is 72.8 Å². The molecule has 0 saturated carbocycles. The average molecular weight is 736 g/mol. The molecule has 5 aromatic carbocycles. The predicted octanol–water partition coefficient (Wildman–Crippen LogP) is 8.70. The molecular weight excluding hydrogens is 705 g/mol. The van der Waals surface area contributed by atoms with Gasteiger partial charge in [0.05, 0.1) is 23.2 Å². The molecule has 0 amide bonds. The lowest BCUT2D eigenvalue weighted by Crippen LogP contribution is -2.28. The Morgan fingerprint density at radius 3 is 2.08 bits per heavy atom. The van der Waals surface area contributed by atoms with Crippen molar-refractivity contribution >= 4 is 50.1 Å². The summed E-state index contributed by atoms with van der Waals surface area (Å²) in [5.41, 5.74) is 4.56. The van der Waals surface area contributed by atoms with Gasteiger partial charge in [-0.25, -0.2) is 26.7 Å². The van der Waals surface area contributed by atoms with Crippen molar-refractivity contribution in [3.63, 3.8) is 0 Å². The minimum atomic E-state index is -4.47. The van der Waals surface area contributed by atoms with Crippen LogP contribution in [0.1, 0.15) is 38.8 Å². The lowest BCUT2D eigenvalue weighted by molar-refractivity contribution is 0.0696.